The molecule has 1 aromatic carbocycles. The molecule has 5 nitrogen and oxygen atoms in total. The first kappa shape index (κ1) is 12.8. The van der Waals surface area contributed by atoms with Gasteiger partial charge in [0, 0.05) is 6.07 Å². The highest BCUT2D eigenvalue weighted by Crippen LogP contribution is 2.22. The molecule has 0 radical (unpaired) electrons. The summed E-state index contributed by atoms with van der Waals surface area (Å²) < 4.78 is 41.1. The fraction of sp³-hybridized carbons (Fsp3) is 0.364. The van der Waals surface area contributed by atoms with Crippen molar-refractivity contribution < 1.29 is 27.4 Å². The van der Waals surface area contributed by atoms with Gasteiger partial charge < -0.3 is 9.84 Å². The number of carboxylic acids is 1. The molecule has 98 valence electrons. The number of sulfone groups is 1. The Morgan fingerprint density at radius 1 is 1.44 bits per heavy atom. The summed E-state index contributed by atoms with van der Waals surface area (Å²) in [6, 6.07) is 3.36. The highest BCUT2D eigenvalue weighted by Gasteiger charge is 2.29. The molecule has 0 saturated carbocycles. The van der Waals surface area contributed by atoms with Crippen molar-refractivity contribution >= 4 is 15.8 Å². The molecule has 1 saturated heterocycles. The van der Waals surface area contributed by atoms with Gasteiger partial charge in [-0.05, 0) is 18.6 Å². The summed E-state index contributed by atoms with van der Waals surface area (Å²) in [7, 11) is -3.06. The SMILES string of the molecule is O=C(O)c1ccc(OC2CCS(=O)(=O)C2)cc1F. The molecule has 0 aromatic heterocycles. The van der Waals surface area contributed by atoms with E-state index in [1.54, 1.807) is 0 Å². The van der Waals surface area contributed by atoms with Crippen molar-refractivity contribution in [2.75, 3.05) is 11.5 Å². The lowest BCUT2D eigenvalue weighted by molar-refractivity contribution is 0.0692. The third kappa shape index (κ3) is 2.79. The average Bonchev–Trinajstić information content (AvgIpc) is 2.57. The van der Waals surface area contributed by atoms with Crippen LogP contribution in [0.2, 0.25) is 0 Å². The summed E-state index contributed by atoms with van der Waals surface area (Å²) in [4.78, 5) is 10.6. The molecule has 0 spiro atoms. The van der Waals surface area contributed by atoms with Crippen LogP contribution in [0.1, 0.15) is 16.8 Å². The fourth-order valence-corrected chi connectivity index (χ4v) is 3.38. The van der Waals surface area contributed by atoms with Gasteiger partial charge in [-0.1, -0.05) is 0 Å². The van der Waals surface area contributed by atoms with Crippen LogP contribution in [0.3, 0.4) is 0 Å². The Bertz CT molecular complexity index is 581. The molecular formula is C11H11FO5S. The van der Waals surface area contributed by atoms with Crippen LogP contribution < -0.4 is 4.74 Å². The lowest BCUT2D eigenvalue weighted by Crippen LogP contribution is -2.18. The van der Waals surface area contributed by atoms with E-state index in [2.05, 4.69) is 0 Å². The van der Waals surface area contributed by atoms with Gasteiger partial charge in [-0.25, -0.2) is 17.6 Å². The summed E-state index contributed by atoms with van der Waals surface area (Å²) >= 11 is 0. The number of benzene rings is 1. The Labute approximate surface area is 103 Å². The van der Waals surface area contributed by atoms with Gasteiger partial charge in [-0.15, -0.1) is 0 Å². The number of rotatable bonds is 3. The largest absolute Gasteiger partial charge is 0.489 e. The standard InChI is InChI=1S/C11H11FO5S/c12-10-5-7(1-2-9(10)11(13)14)17-8-3-4-18(15,16)6-8/h1-2,5,8H,3-4,6H2,(H,13,14). The minimum Gasteiger partial charge on any atom is -0.489 e. The molecule has 0 aliphatic carbocycles. The normalized spacial score (nSPS) is 21.7. The molecule has 1 fully saturated rings. The fourth-order valence-electron chi connectivity index (χ4n) is 1.79. The third-order valence-corrected chi connectivity index (χ3v) is 4.40. The van der Waals surface area contributed by atoms with Gasteiger partial charge in [0.25, 0.3) is 0 Å². The van der Waals surface area contributed by atoms with Crippen LogP contribution in [0.4, 0.5) is 4.39 Å². The zero-order valence-corrected chi connectivity index (χ0v) is 10.1. The maximum atomic E-state index is 13.3. The van der Waals surface area contributed by atoms with Crippen molar-refractivity contribution in [3.63, 3.8) is 0 Å². The second-order valence-electron chi connectivity index (χ2n) is 4.09. The van der Waals surface area contributed by atoms with E-state index in [0.29, 0.717) is 6.42 Å². The van der Waals surface area contributed by atoms with Crippen LogP contribution in [0.15, 0.2) is 18.2 Å². The van der Waals surface area contributed by atoms with Crippen LogP contribution in [-0.2, 0) is 9.84 Å². The molecule has 1 N–H and O–H groups in total. The van der Waals surface area contributed by atoms with Crippen LogP contribution in [-0.4, -0.2) is 37.1 Å². The molecule has 1 heterocycles. The zero-order chi connectivity index (χ0) is 13.3. The Kier molecular flexibility index (Phi) is 3.25. The molecule has 1 unspecified atom stereocenters. The molecule has 1 aliphatic rings. The Morgan fingerprint density at radius 2 is 2.17 bits per heavy atom. The number of hydrogen-bond acceptors (Lipinski definition) is 4. The highest BCUT2D eigenvalue weighted by atomic mass is 32.2. The first-order chi connectivity index (χ1) is 8.37. The van der Waals surface area contributed by atoms with Crippen LogP contribution in [0.5, 0.6) is 5.75 Å². The number of hydrogen-bond donors (Lipinski definition) is 1. The van der Waals surface area contributed by atoms with Crippen molar-refractivity contribution in [1.29, 1.82) is 0 Å². The smallest absolute Gasteiger partial charge is 0.338 e. The van der Waals surface area contributed by atoms with Gasteiger partial charge >= 0.3 is 5.97 Å². The Morgan fingerprint density at radius 3 is 2.67 bits per heavy atom. The second-order valence-corrected chi connectivity index (χ2v) is 6.32. The summed E-state index contributed by atoms with van der Waals surface area (Å²) in [5, 5.41) is 8.65. The maximum absolute atomic E-state index is 13.3. The molecule has 1 aliphatic heterocycles. The van der Waals surface area contributed by atoms with Gasteiger partial charge in [0.05, 0.1) is 17.1 Å². The summed E-state index contributed by atoms with van der Waals surface area (Å²) in [5.41, 5.74) is -0.443. The van der Waals surface area contributed by atoms with Crippen molar-refractivity contribution in [2.24, 2.45) is 0 Å². The molecule has 1 aromatic rings. The summed E-state index contributed by atoms with van der Waals surface area (Å²) in [5.74, 6) is -2.15. The minimum absolute atomic E-state index is 0.0629. The molecule has 2 rings (SSSR count). The van der Waals surface area contributed by atoms with E-state index in [1.165, 1.54) is 6.07 Å². The zero-order valence-electron chi connectivity index (χ0n) is 9.30. The van der Waals surface area contributed by atoms with Crippen molar-refractivity contribution in [2.45, 2.75) is 12.5 Å². The van der Waals surface area contributed by atoms with Gasteiger partial charge in [0.1, 0.15) is 17.7 Å². The molecule has 0 bridgehead atoms. The van der Waals surface area contributed by atoms with Crippen LogP contribution in [0.25, 0.3) is 0 Å². The van der Waals surface area contributed by atoms with Gasteiger partial charge in [0.15, 0.2) is 9.84 Å². The lowest BCUT2D eigenvalue weighted by Gasteiger charge is -2.12. The van der Waals surface area contributed by atoms with Crippen molar-refractivity contribution in [3.05, 3.63) is 29.6 Å². The molecule has 18 heavy (non-hydrogen) atoms. The number of carboxylic acid groups (broad SMARTS) is 1. The number of aromatic carboxylic acids is 1. The molecular weight excluding hydrogens is 263 g/mol. The highest BCUT2D eigenvalue weighted by molar-refractivity contribution is 7.91. The van der Waals surface area contributed by atoms with E-state index in [9.17, 15) is 17.6 Å². The topological polar surface area (TPSA) is 80.7 Å². The minimum atomic E-state index is -3.06. The Hall–Kier alpha value is -1.63. The first-order valence-corrected chi connectivity index (χ1v) is 7.09. The number of halogens is 1. The predicted octanol–water partition coefficient (Wildman–Crippen LogP) is 1.09. The van der Waals surface area contributed by atoms with E-state index in [0.717, 1.165) is 12.1 Å². The number of ether oxygens (including phenoxy) is 1. The lowest BCUT2D eigenvalue weighted by atomic mass is 10.2. The predicted molar refractivity (Wildman–Crippen MR) is 61.0 cm³/mol. The third-order valence-electron chi connectivity index (χ3n) is 2.66. The summed E-state index contributed by atoms with van der Waals surface area (Å²) in [6.45, 7) is 0. The van der Waals surface area contributed by atoms with Crippen LogP contribution >= 0.6 is 0 Å². The monoisotopic (exact) mass is 274 g/mol. The van der Waals surface area contributed by atoms with Gasteiger partial charge in [0.2, 0.25) is 0 Å². The average molecular weight is 274 g/mol. The number of carbonyl (C=O) groups is 1. The van der Waals surface area contributed by atoms with Crippen molar-refractivity contribution in [3.8, 4) is 5.75 Å². The summed E-state index contributed by atoms with van der Waals surface area (Å²) in [6.07, 6.45) is -0.130. The van der Waals surface area contributed by atoms with E-state index in [4.69, 9.17) is 9.84 Å². The van der Waals surface area contributed by atoms with E-state index in [1.807, 2.05) is 0 Å². The second kappa shape index (κ2) is 4.56. The van der Waals surface area contributed by atoms with Gasteiger partial charge in [-0.3, -0.25) is 0 Å². The molecule has 7 heteroatoms. The van der Waals surface area contributed by atoms with E-state index < -0.39 is 33.3 Å². The van der Waals surface area contributed by atoms with E-state index >= 15 is 0 Å². The quantitative estimate of drug-likeness (QED) is 0.892. The first-order valence-electron chi connectivity index (χ1n) is 5.27. The van der Waals surface area contributed by atoms with Gasteiger partial charge in [-0.2, -0.15) is 0 Å². The van der Waals surface area contributed by atoms with Crippen LogP contribution in [0, 0.1) is 5.82 Å². The van der Waals surface area contributed by atoms with E-state index in [-0.39, 0.29) is 17.3 Å². The maximum Gasteiger partial charge on any atom is 0.338 e. The molecule has 0 amide bonds. The van der Waals surface area contributed by atoms with Crippen molar-refractivity contribution in [1.82, 2.24) is 0 Å². The Balaban J connectivity index is 2.12. The molecule has 1 atom stereocenters.